The van der Waals surface area contributed by atoms with E-state index in [0.29, 0.717) is 18.4 Å². The van der Waals surface area contributed by atoms with Gasteiger partial charge in [-0.2, -0.15) is 0 Å². The van der Waals surface area contributed by atoms with E-state index in [4.69, 9.17) is 9.47 Å². The first-order chi connectivity index (χ1) is 10.5. The fraction of sp³-hybridized carbons (Fsp3) is 0.824. The summed E-state index contributed by atoms with van der Waals surface area (Å²) in [7, 11) is 0. The number of hydrogen-bond acceptors (Lipinski definition) is 6. The number of fused-ring (bicyclic) bond motifs is 3. The van der Waals surface area contributed by atoms with Crippen molar-refractivity contribution in [3.63, 3.8) is 0 Å². The van der Waals surface area contributed by atoms with Crippen LogP contribution in [-0.2, 0) is 14.3 Å². The Morgan fingerprint density at radius 2 is 2.00 bits per heavy atom. The lowest BCUT2D eigenvalue weighted by Gasteiger charge is -2.61. The zero-order valence-corrected chi connectivity index (χ0v) is 14.1. The van der Waals surface area contributed by atoms with E-state index in [9.17, 15) is 20.1 Å². The van der Waals surface area contributed by atoms with Gasteiger partial charge in [0.25, 0.3) is 0 Å². The van der Waals surface area contributed by atoms with Gasteiger partial charge in [0.2, 0.25) is 0 Å². The fourth-order valence-electron chi connectivity index (χ4n) is 5.18. The summed E-state index contributed by atoms with van der Waals surface area (Å²) < 4.78 is 10.8. The monoisotopic (exact) mass is 326 g/mol. The molecular weight excluding hydrogens is 300 g/mol. The maximum absolute atomic E-state index is 11.6. The van der Waals surface area contributed by atoms with E-state index in [1.54, 1.807) is 6.08 Å². The van der Waals surface area contributed by atoms with Crippen molar-refractivity contribution < 1.29 is 29.6 Å². The van der Waals surface area contributed by atoms with Gasteiger partial charge in [0, 0.05) is 18.3 Å². The van der Waals surface area contributed by atoms with E-state index in [1.807, 2.05) is 20.8 Å². The zero-order chi connectivity index (χ0) is 17.2. The number of carbonyl (C=O) groups is 1. The number of esters is 1. The van der Waals surface area contributed by atoms with Crippen molar-refractivity contribution in [1.29, 1.82) is 0 Å². The largest absolute Gasteiger partial charge is 0.458 e. The maximum atomic E-state index is 11.6. The van der Waals surface area contributed by atoms with Crippen molar-refractivity contribution in [1.82, 2.24) is 0 Å². The fourth-order valence-corrected chi connectivity index (χ4v) is 5.18. The lowest BCUT2D eigenvalue weighted by molar-refractivity contribution is -0.257. The molecule has 6 nitrogen and oxygen atoms in total. The molecule has 130 valence electrons. The van der Waals surface area contributed by atoms with Crippen molar-refractivity contribution in [3.05, 3.63) is 11.6 Å². The molecule has 0 radical (unpaired) electrons. The van der Waals surface area contributed by atoms with E-state index in [2.05, 4.69) is 0 Å². The van der Waals surface area contributed by atoms with Gasteiger partial charge in [-0.1, -0.05) is 20.8 Å². The highest BCUT2D eigenvalue weighted by atomic mass is 16.6. The quantitative estimate of drug-likeness (QED) is 0.486. The van der Waals surface area contributed by atoms with Crippen LogP contribution in [0, 0.1) is 16.7 Å². The molecule has 1 aliphatic heterocycles. The molecule has 3 N–H and O–H groups in total. The second-order valence-corrected chi connectivity index (χ2v) is 7.97. The van der Waals surface area contributed by atoms with Crippen molar-refractivity contribution in [2.45, 2.75) is 64.6 Å². The minimum Gasteiger partial charge on any atom is -0.458 e. The first-order valence-electron chi connectivity index (χ1n) is 8.13. The Hall–Kier alpha value is -0.950. The highest BCUT2D eigenvalue weighted by Crippen LogP contribution is 2.63. The molecule has 23 heavy (non-hydrogen) atoms. The summed E-state index contributed by atoms with van der Waals surface area (Å²) in [5, 5.41) is 32.1. The SMILES string of the molecule is CC(=O)O[C@@H]1C=C2CO[C@@H](O)[C@]2(O)[C@@]2(C)CC[C@H](O)C(C)(C)[C@H]12. The average Bonchev–Trinajstić information content (AvgIpc) is 2.72. The standard InChI is InChI=1S/C17H26O6/c1-9(18)23-11-7-10-8-22-14(20)17(10,21)16(4)6-5-12(19)15(2,3)13(11)16/h7,11-14,19-21H,5-6,8H2,1-4H3/t11-,12+,13+,14-,16+,17+/m1/s1. The van der Waals surface area contributed by atoms with Crippen molar-refractivity contribution in [3.8, 4) is 0 Å². The summed E-state index contributed by atoms with van der Waals surface area (Å²) >= 11 is 0. The van der Waals surface area contributed by atoms with E-state index in [0.717, 1.165) is 0 Å². The van der Waals surface area contributed by atoms with Crippen LogP contribution in [0.2, 0.25) is 0 Å². The van der Waals surface area contributed by atoms with Gasteiger partial charge in [0.15, 0.2) is 6.29 Å². The van der Waals surface area contributed by atoms with Crippen molar-refractivity contribution in [2.75, 3.05) is 6.61 Å². The molecule has 0 aromatic rings. The third-order valence-electron chi connectivity index (χ3n) is 6.39. The van der Waals surface area contributed by atoms with Crippen LogP contribution in [-0.4, -0.2) is 52.0 Å². The third-order valence-corrected chi connectivity index (χ3v) is 6.39. The molecule has 3 rings (SSSR count). The summed E-state index contributed by atoms with van der Waals surface area (Å²) in [6.45, 7) is 7.19. The van der Waals surface area contributed by atoms with Gasteiger partial charge in [0.1, 0.15) is 11.7 Å². The van der Waals surface area contributed by atoms with Gasteiger partial charge in [-0.05, 0) is 29.9 Å². The summed E-state index contributed by atoms with van der Waals surface area (Å²) in [6.07, 6.45) is 0.265. The van der Waals surface area contributed by atoms with Crippen LogP contribution in [0.1, 0.15) is 40.5 Å². The van der Waals surface area contributed by atoms with Crippen LogP contribution in [0.15, 0.2) is 11.6 Å². The molecule has 6 atom stereocenters. The Balaban J connectivity index is 2.17. The van der Waals surface area contributed by atoms with E-state index in [-0.39, 0.29) is 12.5 Å². The second kappa shape index (κ2) is 5.02. The predicted molar refractivity (Wildman–Crippen MR) is 81.2 cm³/mol. The molecule has 6 heteroatoms. The van der Waals surface area contributed by atoms with Crippen molar-refractivity contribution in [2.24, 2.45) is 16.7 Å². The Kier molecular flexibility index (Phi) is 3.69. The molecule has 0 spiro atoms. The van der Waals surface area contributed by atoms with Gasteiger partial charge in [-0.25, -0.2) is 0 Å². The molecule has 1 saturated carbocycles. The van der Waals surface area contributed by atoms with E-state index < -0.39 is 40.9 Å². The average molecular weight is 326 g/mol. The van der Waals surface area contributed by atoms with E-state index in [1.165, 1.54) is 6.92 Å². The summed E-state index contributed by atoms with van der Waals surface area (Å²) in [5.74, 6) is -0.747. The first kappa shape index (κ1) is 16.9. The Morgan fingerprint density at radius 3 is 2.61 bits per heavy atom. The minimum atomic E-state index is -1.52. The predicted octanol–water partition coefficient (Wildman–Crippen LogP) is 0.741. The molecule has 0 unspecified atom stereocenters. The molecule has 1 saturated heterocycles. The minimum absolute atomic E-state index is 0.112. The molecule has 2 aliphatic carbocycles. The highest BCUT2D eigenvalue weighted by molar-refractivity contribution is 5.66. The topological polar surface area (TPSA) is 96.2 Å². The zero-order valence-electron chi connectivity index (χ0n) is 14.1. The van der Waals surface area contributed by atoms with Crippen LogP contribution in [0.3, 0.4) is 0 Å². The van der Waals surface area contributed by atoms with Gasteiger partial charge in [-0.15, -0.1) is 0 Å². The molecule has 2 fully saturated rings. The number of rotatable bonds is 1. The highest BCUT2D eigenvalue weighted by Gasteiger charge is 2.69. The Bertz CT molecular complexity index is 555. The molecule has 0 amide bonds. The molecule has 0 bridgehead atoms. The number of carbonyl (C=O) groups excluding carboxylic acids is 1. The Labute approximate surface area is 136 Å². The van der Waals surface area contributed by atoms with E-state index >= 15 is 0 Å². The van der Waals surface area contributed by atoms with Crippen LogP contribution in [0.4, 0.5) is 0 Å². The molecule has 1 heterocycles. The molecule has 3 aliphatic rings. The number of aliphatic hydroxyl groups is 3. The second-order valence-electron chi connectivity index (χ2n) is 7.97. The molecular formula is C17H26O6. The smallest absolute Gasteiger partial charge is 0.303 e. The summed E-state index contributed by atoms with van der Waals surface area (Å²) in [5.41, 5.74) is -2.32. The van der Waals surface area contributed by atoms with Gasteiger partial charge in [0.05, 0.1) is 12.7 Å². The Morgan fingerprint density at radius 1 is 1.35 bits per heavy atom. The number of hydrogen-bond donors (Lipinski definition) is 3. The number of aliphatic hydroxyl groups excluding tert-OH is 2. The lowest BCUT2D eigenvalue weighted by Crippen LogP contribution is -2.68. The van der Waals surface area contributed by atoms with Gasteiger partial charge >= 0.3 is 5.97 Å². The van der Waals surface area contributed by atoms with Gasteiger partial charge < -0.3 is 24.8 Å². The molecule has 0 aromatic carbocycles. The number of ether oxygens (including phenoxy) is 2. The van der Waals surface area contributed by atoms with Gasteiger partial charge in [-0.3, -0.25) is 4.79 Å². The summed E-state index contributed by atoms with van der Waals surface area (Å²) in [6, 6.07) is 0. The molecule has 0 aromatic heterocycles. The van der Waals surface area contributed by atoms with Crippen molar-refractivity contribution >= 4 is 5.97 Å². The van der Waals surface area contributed by atoms with Crippen LogP contribution in [0.25, 0.3) is 0 Å². The maximum Gasteiger partial charge on any atom is 0.303 e. The summed E-state index contributed by atoms with van der Waals surface area (Å²) in [4.78, 5) is 11.6. The lowest BCUT2D eigenvalue weighted by atomic mass is 9.45. The van der Waals surface area contributed by atoms with Crippen LogP contribution >= 0.6 is 0 Å². The third kappa shape index (κ3) is 2.05. The first-order valence-corrected chi connectivity index (χ1v) is 8.13. The van der Waals surface area contributed by atoms with Crippen LogP contribution < -0.4 is 0 Å². The normalized spacial score (nSPS) is 48.2. The van der Waals surface area contributed by atoms with Crippen LogP contribution in [0.5, 0.6) is 0 Å².